The molecule has 0 aliphatic carbocycles. The summed E-state index contributed by atoms with van der Waals surface area (Å²) in [5, 5.41) is 7.06. The van der Waals surface area contributed by atoms with Crippen molar-refractivity contribution in [2.45, 2.75) is 12.9 Å². The van der Waals surface area contributed by atoms with Crippen molar-refractivity contribution in [1.82, 2.24) is 14.7 Å². The summed E-state index contributed by atoms with van der Waals surface area (Å²) in [6, 6.07) is 13.3. The highest BCUT2D eigenvalue weighted by molar-refractivity contribution is 6.31. The predicted molar refractivity (Wildman–Crippen MR) is 116 cm³/mol. The minimum Gasteiger partial charge on any atom is -0.495 e. The number of alkyl halides is 3. The number of aromatic nitrogens is 3. The maximum atomic E-state index is 12.6. The predicted octanol–water partition coefficient (Wildman–Crippen LogP) is 5.40. The Morgan fingerprint density at radius 1 is 1.18 bits per heavy atom. The van der Waals surface area contributed by atoms with Crippen molar-refractivity contribution in [3.8, 4) is 34.5 Å². The van der Waals surface area contributed by atoms with Gasteiger partial charge in [0.2, 0.25) is 11.7 Å². The number of rotatable bonds is 7. The molecule has 0 bridgehead atoms. The van der Waals surface area contributed by atoms with Crippen molar-refractivity contribution >= 4 is 23.2 Å². The summed E-state index contributed by atoms with van der Waals surface area (Å²) < 4.78 is 53.0. The molecule has 0 spiro atoms. The van der Waals surface area contributed by atoms with Crippen molar-refractivity contribution in [3.05, 3.63) is 65.8 Å². The first kappa shape index (κ1) is 23.2. The Balaban J connectivity index is 1.48. The molecule has 0 fully saturated rings. The van der Waals surface area contributed by atoms with E-state index in [2.05, 4.69) is 20.2 Å². The smallest absolute Gasteiger partial charge is 0.495 e. The molecule has 2 heterocycles. The van der Waals surface area contributed by atoms with Crippen LogP contribution in [0.3, 0.4) is 0 Å². The lowest BCUT2D eigenvalue weighted by Crippen LogP contribution is -2.19. The zero-order chi connectivity index (χ0) is 24.3. The van der Waals surface area contributed by atoms with E-state index >= 15 is 0 Å². The maximum absolute atomic E-state index is 12.6. The molecule has 0 saturated heterocycles. The number of amides is 1. The third kappa shape index (κ3) is 5.49. The molecular formula is C22H16ClF3N4O4. The van der Waals surface area contributed by atoms with Gasteiger partial charge < -0.3 is 23.9 Å². The van der Waals surface area contributed by atoms with Gasteiger partial charge in [0.05, 0.1) is 12.8 Å². The van der Waals surface area contributed by atoms with Crippen molar-refractivity contribution in [2.75, 3.05) is 12.4 Å². The van der Waals surface area contributed by atoms with Gasteiger partial charge in [-0.25, -0.2) is 0 Å². The second-order valence-electron chi connectivity index (χ2n) is 6.91. The number of nitrogens with zero attached hydrogens (tertiary/aromatic N) is 3. The number of carbonyl (C=O) groups is 1. The lowest BCUT2D eigenvalue weighted by atomic mass is 10.2. The van der Waals surface area contributed by atoms with E-state index in [1.54, 1.807) is 41.1 Å². The molecule has 0 atom stereocenters. The van der Waals surface area contributed by atoms with E-state index in [-0.39, 0.29) is 29.9 Å². The van der Waals surface area contributed by atoms with Crippen LogP contribution in [0.15, 0.2) is 65.3 Å². The van der Waals surface area contributed by atoms with Crippen molar-refractivity contribution in [2.24, 2.45) is 0 Å². The molecule has 8 nitrogen and oxygen atoms in total. The maximum Gasteiger partial charge on any atom is 0.573 e. The first-order valence-corrected chi connectivity index (χ1v) is 10.1. The number of nitrogens with one attached hydrogen (secondary N) is 1. The van der Waals surface area contributed by atoms with Crippen molar-refractivity contribution in [1.29, 1.82) is 0 Å². The number of hydrogen-bond donors (Lipinski definition) is 1. The normalized spacial score (nSPS) is 11.3. The third-order valence-electron chi connectivity index (χ3n) is 4.57. The summed E-state index contributed by atoms with van der Waals surface area (Å²) in [6.45, 7) is -0.0702. The van der Waals surface area contributed by atoms with E-state index in [1.807, 2.05) is 0 Å². The molecule has 34 heavy (non-hydrogen) atoms. The molecule has 0 aliphatic heterocycles. The van der Waals surface area contributed by atoms with E-state index in [0.717, 1.165) is 12.1 Å². The largest absolute Gasteiger partial charge is 0.573 e. The van der Waals surface area contributed by atoms with Gasteiger partial charge in [0, 0.05) is 16.8 Å². The number of ether oxygens (including phenoxy) is 2. The first-order chi connectivity index (χ1) is 16.2. The summed E-state index contributed by atoms with van der Waals surface area (Å²) in [5.41, 5.74) is 1.32. The highest BCUT2D eigenvalue weighted by Gasteiger charge is 2.31. The standard InChI is InChI=1S/C22H16ClF3N4O4/c1-32-18-9-6-14(23)11-16(18)27-19(31)12-30-10-2-3-17(30)21-28-20(29-34-21)13-4-7-15(8-5-13)33-22(24,25)26/h2-11H,12H2,1H3,(H,27,31). The molecule has 2 aromatic heterocycles. The summed E-state index contributed by atoms with van der Waals surface area (Å²) in [4.78, 5) is 16.9. The summed E-state index contributed by atoms with van der Waals surface area (Å²) >= 11 is 6.00. The summed E-state index contributed by atoms with van der Waals surface area (Å²) in [5.74, 6) is 0.0334. The SMILES string of the molecule is COc1ccc(Cl)cc1NC(=O)Cn1cccc1-c1nc(-c2ccc(OC(F)(F)F)cc2)no1. The fourth-order valence-corrected chi connectivity index (χ4v) is 3.29. The van der Waals surface area contributed by atoms with Gasteiger partial charge >= 0.3 is 6.36 Å². The Morgan fingerprint density at radius 2 is 1.94 bits per heavy atom. The Morgan fingerprint density at radius 3 is 2.65 bits per heavy atom. The van der Waals surface area contributed by atoms with Crippen LogP contribution >= 0.6 is 11.6 Å². The zero-order valence-corrected chi connectivity index (χ0v) is 18.2. The summed E-state index contributed by atoms with van der Waals surface area (Å²) in [7, 11) is 1.48. The fraction of sp³-hybridized carbons (Fsp3) is 0.136. The van der Waals surface area contributed by atoms with Crippen molar-refractivity contribution in [3.63, 3.8) is 0 Å². The Kier molecular flexibility index (Phi) is 6.46. The van der Waals surface area contributed by atoms with Gasteiger partial charge in [-0.1, -0.05) is 16.8 Å². The highest BCUT2D eigenvalue weighted by atomic mass is 35.5. The number of anilines is 1. The van der Waals surface area contributed by atoms with Gasteiger partial charge in [-0.3, -0.25) is 4.79 Å². The van der Waals surface area contributed by atoms with Crippen LogP contribution in [0.25, 0.3) is 23.0 Å². The first-order valence-electron chi connectivity index (χ1n) is 9.70. The van der Waals surface area contributed by atoms with Crippen LogP contribution in [0.5, 0.6) is 11.5 Å². The molecule has 0 unspecified atom stereocenters. The minimum atomic E-state index is -4.78. The zero-order valence-electron chi connectivity index (χ0n) is 17.5. The van der Waals surface area contributed by atoms with Crippen LogP contribution in [-0.2, 0) is 11.3 Å². The number of benzene rings is 2. The fourth-order valence-electron chi connectivity index (χ4n) is 3.12. The Hall–Kier alpha value is -3.99. The van der Waals surface area contributed by atoms with E-state index in [1.165, 1.54) is 19.2 Å². The Bertz CT molecular complexity index is 1300. The molecule has 1 amide bonds. The van der Waals surface area contributed by atoms with Crippen molar-refractivity contribution < 1.29 is 32.0 Å². The van der Waals surface area contributed by atoms with E-state index in [9.17, 15) is 18.0 Å². The number of halogens is 4. The van der Waals surface area contributed by atoms with Crippen LogP contribution in [-0.4, -0.2) is 34.1 Å². The van der Waals surface area contributed by atoms with Crippen LogP contribution in [0.2, 0.25) is 5.02 Å². The van der Waals surface area contributed by atoms with Crippen LogP contribution < -0.4 is 14.8 Å². The molecule has 4 aromatic rings. The second-order valence-corrected chi connectivity index (χ2v) is 7.35. The molecule has 4 rings (SSSR count). The van der Waals surface area contributed by atoms with E-state index in [0.29, 0.717) is 27.7 Å². The quantitative estimate of drug-likeness (QED) is 0.371. The van der Waals surface area contributed by atoms with Gasteiger partial charge in [-0.15, -0.1) is 13.2 Å². The van der Waals surface area contributed by atoms with Crippen LogP contribution in [0.1, 0.15) is 0 Å². The number of methoxy groups -OCH3 is 1. The van der Waals surface area contributed by atoms with Gasteiger partial charge in [0.15, 0.2) is 0 Å². The molecule has 0 radical (unpaired) electrons. The van der Waals surface area contributed by atoms with Gasteiger partial charge in [-0.05, 0) is 54.6 Å². The Labute approximate surface area is 195 Å². The molecule has 0 saturated carbocycles. The minimum absolute atomic E-state index is 0.0702. The molecule has 1 N–H and O–H groups in total. The van der Waals surface area contributed by atoms with Gasteiger partial charge in [0.25, 0.3) is 5.89 Å². The third-order valence-corrected chi connectivity index (χ3v) is 4.81. The van der Waals surface area contributed by atoms with Gasteiger partial charge in [0.1, 0.15) is 23.7 Å². The molecule has 0 aliphatic rings. The second kappa shape index (κ2) is 9.48. The van der Waals surface area contributed by atoms with Crippen LogP contribution in [0, 0.1) is 0 Å². The molecular weight excluding hydrogens is 477 g/mol. The average Bonchev–Trinajstić information content (AvgIpc) is 3.43. The monoisotopic (exact) mass is 492 g/mol. The van der Waals surface area contributed by atoms with E-state index in [4.69, 9.17) is 20.9 Å². The highest BCUT2D eigenvalue weighted by Crippen LogP contribution is 2.29. The number of carbonyl (C=O) groups excluding carboxylic acids is 1. The van der Waals surface area contributed by atoms with Crippen LogP contribution in [0.4, 0.5) is 18.9 Å². The van der Waals surface area contributed by atoms with E-state index < -0.39 is 6.36 Å². The molecule has 2 aromatic carbocycles. The lowest BCUT2D eigenvalue weighted by molar-refractivity contribution is -0.274. The van der Waals surface area contributed by atoms with Gasteiger partial charge in [-0.2, -0.15) is 4.98 Å². The number of hydrogen-bond acceptors (Lipinski definition) is 6. The topological polar surface area (TPSA) is 91.4 Å². The summed E-state index contributed by atoms with van der Waals surface area (Å²) in [6.07, 6.45) is -3.12. The lowest BCUT2D eigenvalue weighted by Gasteiger charge is -2.11. The molecule has 176 valence electrons. The average molecular weight is 493 g/mol. The molecule has 12 heteroatoms.